The van der Waals surface area contributed by atoms with Crippen molar-refractivity contribution in [2.45, 2.75) is 5.03 Å². The molecule has 0 spiro atoms. The molecule has 10 heteroatoms. The first-order chi connectivity index (χ1) is 13.6. The van der Waals surface area contributed by atoms with Crippen molar-refractivity contribution in [1.29, 1.82) is 0 Å². The van der Waals surface area contributed by atoms with E-state index in [1.807, 2.05) is 12.1 Å². The van der Waals surface area contributed by atoms with Crippen LogP contribution in [-0.4, -0.2) is 60.0 Å². The molecule has 3 heterocycles. The number of ether oxygens (including phenoxy) is 1. The molecule has 0 radical (unpaired) electrons. The number of anilines is 2. The fourth-order valence-electron chi connectivity index (χ4n) is 2.77. The van der Waals surface area contributed by atoms with Crippen LogP contribution in [-0.2, 0) is 9.53 Å². The summed E-state index contributed by atoms with van der Waals surface area (Å²) in [5, 5.41) is 2.29. The van der Waals surface area contributed by atoms with Gasteiger partial charge in [-0.1, -0.05) is 40.8 Å². The summed E-state index contributed by atoms with van der Waals surface area (Å²) in [4.78, 5) is 29.7. The Bertz CT molecular complexity index is 993. The number of amides is 1. The molecule has 0 N–H and O–H groups in total. The van der Waals surface area contributed by atoms with Crippen LogP contribution in [0, 0.1) is 0 Å². The maximum atomic E-state index is 12.6. The van der Waals surface area contributed by atoms with E-state index in [-0.39, 0.29) is 11.7 Å². The minimum absolute atomic E-state index is 0.0306. The highest BCUT2D eigenvalue weighted by Gasteiger charge is 2.19. The van der Waals surface area contributed by atoms with Crippen molar-refractivity contribution in [3.05, 3.63) is 35.6 Å². The molecule has 0 aliphatic carbocycles. The normalized spacial score (nSPS) is 14.4. The average molecular weight is 436 g/mol. The molecule has 28 heavy (non-hydrogen) atoms. The van der Waals surface area contributed by atoms with Gasteiger partial charge < -0.3 is 14.5 Å². The summed E-state index contributed by atoms with van der Waals surface area (Å²) in [6.07, 6.45) is 1.50. The van der Waals surface area contributed by atoms with Gasteiger partial charge in [0, 0.05) is 30.8 Å². The Labute approximate surface area is 175 Å². The smallest absolute Gasteiger partial charge is 0.237 e. The van der Waals surface area contributed by atoms with Gasteiger partial charge in [0.2, 0.25) is 5.91 Å². The third-order valence-electron chi connectivity index (χ3n) is 4.33. The lowest BCUT2D eigenvalue weighted by Crippen LogP contribution is -2.36. The van der Waals surface area contributed by atoms with Gasteiger partial charge in [-0.2, -0.15) is 4.98 Å². The molecule has 1 aliphatic heterocycles. The molecule has 1 fully saturated rings. The molecule has 3 aromatic rings. The number of morpholine rings is 1. The van der Waals surface area contributed by atoms with Crippen LogP contribution in [0.4, 0.5) is 10.8 Å². The number of fused-ring (bicyclic) bond motifs is 1. The van der Waals surface area contributed by atoms with Crippen LogP contribution >= 0.6 is 34.7 Å². The standard InChI is InChI=1S/C18H18ClN5O2S2/c1-23(13-4-2-3-12(19)9-13)14(25)10-27-17-15-16(20-11-21-17)22-18(28-15)24-5-7-26-8-6-24/h2-4,9,11H,5-8,10H2,1H3. The van der Waals surface area contributed by atoms with E-state index in [4.69, 9.17) is 16.3 Å². The lowest BCUT2D eigenvalue weighted by Gasteiger charge is -2.25. The molecular formula is C18H18ClN5O2S2. The van der Waals surface area contributed by atoms with Gasteiger partial charge in [-0.3, -0.25) is 4.79 Å². The SMILES string of the molecule is CN(C(=O)CSc1ncnc2nc(N3CCOCC3)sc12)c1cccc(Cl)c1. The van der Waals surface area contributed by atoms with Crippen molar-refractivity contribution >= 4 is 61.8 Å². The fraction of sp³-hybridized carbons (Fsp3) is 0.333. The zero-order valence-corrected chi connectivity index (χ0v) is 17.6. The number of hydrogen-bond acceptors (Lipinski definition) is 8. The van der Waals surface area contributed by atoms with Gasteiger partial charge in [0.05, 0.1) is 19.0 Å². The molecule has 7 nitrogen and oxygen atoms in total. The molecule has 0 unspecified atom stereocenters. The van der Waals surface area contributed by atoms with E-state index in [1.165, 1.54) is 18.1 Å². The van der Waals surface area contributed by atoms with E-state index < -0.39 is 0 Å². The number of rotatable bonds is 5. The first kappa shape index (κ1) is 19.4. The number of benzene rings is 1. The Morgan fingerprint density at radius 2 is 2.18 bits per heavy atom. The number of thioether (sulfide) groups is 1. The Balaban J connectivity index is 1.48. The van der Waals surface area contributed by atoms with Crippen LogP contribution in [0.5, 0.6) is 0 Å². The van der Waals surface area contributed by atoms with Gasteiger partial charge >= 0.3 is 0 Å². The predicted octanol–water partition coefficient (Wildman–Crippen LogP) is 3.33. The van der Waals surface area contributed by atoms with E-state index in [0.29, 0.717) is 23.9 Å². The van der Waals surface area contributed by atoms with Crippen LogP contribution in [0.1, 0.15) is 0 Å². The number of thiazole rings is 1. The molecular weight excluding hydrogens is 418 g/mol. The average Bonchev–Trinajstić information content (AvgIpc) is 3.17. The van der Waals surface area contributed by atoms with Crippen molar-refractivity contribution in [3.63, 3.8) is 0 Å². The summed E-state index contributed by atoms with van der Waals surface area (Å²) < 4.78 is 6.31. The molecule has 146 valence electrons. The van der Waals surface area contributed by atoms with Gasteiger partial charge in [-0.25, -0.2) is 9.97 Å². The second kappa shape index (κ2) is 8.60. The van der Waals surface area contributed by atoms with E-state index in [9.17, 15) is 4.79 Å². The molecule has 0 atom stereocenters. The molecule has 1 amide bonds. The molecule has 0 saturated carbocycles. The highest BCUT2D eigenvalue weighted by atomic mass is 35.5. The summed E-state index contributed by atoms with van der Waals surface area (Å²) in [5.41, 5.74) is 1.43. The monoisotopic (exact) mass is 435 g/mol. The van der Waals surface area contributed by atoms with Crippen LogP contribution in [0.2, 0.25) is 5.02 Å². The third-order valence-corrected chi connectivity index (χ3v) is 6.78. The van der Waals surface area contributed by atoms with Crippen molar-refractivity contribution in [1.82, 2.24) is 15.0 Å². The lowest BCUT2D eigenvalue weighted by molar-refractivity contribution is -0.115. The van der Waals surface area contributed by atoms with Crippen LogP contribution in [0.3, 0.4) is 0 Å². The van der Waals surface area contributed by atoms with Gasteiger partial charge in [0.25, 0.3) is 0 Å². The fourth-order valence-corrected chi connectivity index (χ4v) is 5.01. The van der Waals surface area contributed by atoms with Crippen LogP contribution < -0.4 is 9.80 Å². The Hall–Kier alpha value is -1.94. The largest absolute Gasteiger partial charge is 0.378 e. The maximum Gasteiger partial charge on any atom is 0.237 e. The molecule has 1 saturated heterocycles. The molecule has 1 aliphatic rings. The van der Waals surface area contributed by atoms with Crippen LogP contribution in [0.15, 0.2) is 35.6 Å². The van der Waals surface area contributed by atoms with Crippen molar-refractivity contribution < 1.29 is 9.53 Å². The lowest BCUT2D eigenvalue weighted by atomic mass is 10.3. The van der Waals surface area contributed by atoms with E-state index in [0.717, 1.165) is 33.6 Å². The molecule has 4 rings (SSSR count). The first-order valence-electron chi connectivity index (χ1n) is 8.71. The Morgan fingerprint density at radius 3 is 2.96 bits per heavy atom. The zero-order chi connectivity index (χ0) is 19.5. The summed E-state index contributed by atoms with van der Waals surface area (Å²) in [6.45, 7) is 3.04. The van der Waals surface area contributed by atoms with Crippen LogP contribution in [0.25, 0.3) is 10.3 Å². The minimum atomic E-state index is -0.0306. The van der Waals surface area contributed by atoms with Crippen molar-refractivity contribution in [2.75, 3.05) is 48.9 Å². The quantitative estimate of drug-likeness (QED) is 0.449. The number of aromatic nitrogens is 3. The molecule has 0 bridgehead atoms. The summed E-state index contributed by atoms with van der Waals surface area (Å²) in [6, 6.07) is 7.23. The second-order valence-electron chi connectivity index (χ2n) is 6.15. The first-order valence-corrected chi connectivity index (χ1v) is 10.9. The number of halogens is 1. The highest BCUT2D eigenvalue weighted by molar-refractivity contribution is 8.00. The molecule has 1 aromatic carbocycles. The van der Waals surface area contributed by atoms with E-state index in [2.05, 4.69) is 19.9 Å². The number of hydrogen-bond donors (Lipinski definition) is 0. The van der Waals surface area contributed by atoms with E-state index in [1.54, 1.807) is 35.4 Å². The maximum absolute atomic E-state index is 12.6. The Morgan fingerprint density at radius 1 is 1.36 bits per heavy atom. The number of carbonyl (C=O) groups excluding carboxylic acids is 1. The second-order valence-corrected chi connectivity index (χ2v) is 8.53. The van der Waals surface area contributed by atoms with Gasteiger partial charge in [0.1, 0.15) is 16.1 Å². The van der Waals surface area contributed by atoms with E-state index >= 15 is 0 Å². The third kappa shape index (κ3) is 4.22. The number of carbonyl (C=O) groups is 1. The zero-order valence-electron chi connectivity index (χ0n) is 15.2. The Kier molecular flexibility index (Phi) is 5.96. The number of nitrogens with zero attached hydrogens (tertiary/aromatic N) is 5. The predicted molar refractivity (Wildman–Crippen MR) is 114 cm³/mol. The van der Waals surface area contributed by atoms with Crippen molar-refractivity contribution in [2.24, 2.45) is 0 Å². The summed E-state index contributed by atoms with van der Waals surface area (Å²) >= 11 is 8.98. The topological polar surface area (TPSA) is 71.5 Å². The van der Waals surface area contributed by atoms with Gasteiger partial charge in [0.15, 0.2) is 10.8 Å². The highest BCUT2D eigenvalue weighted by Crippen LogP contribution is 2.34. The van der Waals surface area contributed by atoms with Gasteiger partial charge in [-0.05, 0) is 18.2 Å². The van der Waals surface area contributed by atoms with Crippen molar-refractivity contribution in [3.8, 4) is 0 Å². The summed E-state index contributed by atoms with van der Waals surface area (Å²) in [7, 11) is 1.74. The minimum Gasteiger partial charge on any atom is -0.378 e. The summed E-state index contributed by atoms with van der Waals surface area (Å²) in [5.74, 6) is 0.233. The molecule has 2 aromatic heterocycles. The van der Waals surface area contributed by atoms with Gasteiger partial charge in [-0.15, -0.1) is 0 Å².